The second-order valence-corrected chi connectivity index (χ2v) is 8.78. The minimum Gasteiger partial charge on any atom is -0.480 e. The molecule has 1 fully saturated rings. The number of alkyl carbamates (subject to hydrolysis) is 1. The van der Waals surface area contributed by atoms with Crippen LogP contribution in [0.4, 0.5) is 4.79 Å². The summed E-state index contributed by atoms with van der Waals surface area (Å²) in [5.41, 5.74) is 4.62. The molecule has 3 atom stereocenters. The molecule has 2 aliphatic rings. The lowest BCUT2D eigenvalue weighted by atomic mass is 9.98. The van der Waals surface area contributed by atoms with Gasteiger partial charge in [0.2, 0.25) is 5.91 Å². The Kier molecular flexibility index (Phi) is 7.47. The number of aliphatic carboxylic acids is 1. The second kappa shape index (κ2) is 10.7. The van der Waals surface area contributed by atoms with E-state index in [4.69, 9.17) is 9.47 Å². The fourth-order valence-corrected chi connectivity index (χ4v) is 4.71. The van der Waals surface area contributed by atoms with Crippen LogP contribution in [0.2, 0.25) is 0 Å². The normalized spacial score (nSPS) is 19.7. The Morgan fingerprint density at radius 2 is 1.74 bits per heavy atom. The second-order valence-electron chi connectivity index (χ2n) is 8.78. The van der Waals surface area contributed by atoms with Gasteiger partial charge in [-0.15, -0.1) is 0 Å². The van der Waals surface area contributed by atoms with Crippen LogP contribution in [0.3, 0.4) is 0 Å². The van der Waals surface area contributed by atoms with Crippen molar-refractivity contribution in [1.82, 2.24) is 10.6 Å². The van der Waals surface area contributed by atoms with E-state index >= 15 is 0 Å². The lowest BCUT2D eigenvalue weighted by molar-refractivity contribution is -0.142. The van der Waals surface area contributed by atoms with Crippen molar-refractivity contribution in [2.45, 2.75) is 44.2 Å². The van der Waals surface area contributed by atoms with Gasteiger partial charge >= 0.3 is 12.1 Å². The molecule has 3 N–H and O–H groups in total. The van der Waals surface area contributed by atoms with Crippen molar-refractivity contribution in [3.8, 4) is 11.1 Å². The molecule has 34 heavy (non-hydrogen) atoms. The van der Waals surface area contributed by atoms with E-state index in [2.05, 4.69) is 34.9 Å². The van der Waals surface area contributed by atoms with Gasteiger partial charge in [-0.1, -0.05) is 61.9 Å². The molecule has 0 bridgehead atoms. The van der Waals surface area contributed by atoms with E-state index < -0.39 is 24.0 Å². The average Bonchev–Trinajstić information content (AvgIpc) is 3.44. The van der Waals surface area contributed by atoms with Crippen LogP contribution in [0, 0.1) is 5.92 Å². The number of amides is 2. The number of carboxylic acid groups (broad SMARTS) is 1. The van der Waals surface area contributed by atoms with Gasteiger partial charge in [0.25, 0.3) is 0 Å². The molecule has 1 aliphatic carbocycles. The zero-order valence-electron chi connectivity index (χ0n) is 19.2. The maximum Gasteiger partial charge on any atom is 0.407 e. The molecule has 2 aromatic carbocycles. The predicted molar refractivity (Wildman–Crippen MR) is 125 cm³/mol. The summed E-state index contributed by atoms with van der Waals surface area (Å²) in [5.74, 6) is -1.82. The summed E-state index contributed by atoms with van der Waals surface area (Å²) in [6.45, 7) is 2.51. The molecule has 1 heterocycles. The van der Waals surface area contributed by atoms with Crippen molar-refractivity contribution in [2.75, 3.05) is 19.8 Å². The zero-order valence-corrected chi connectivity index (χ0v) is 19.2. The van der Waals surface area contributed by atoms with Crippen LogP contribution in [-0.2, 0) is 19.1 Å². The van der Waals surface area contributed by atoms with E-state index in [9.17, 15) is 19.5 Å². The van der Waals surface area contributed by atoms with Crippen LogP contribution < -0.4 is 10.6 Å². The Morgan fingerprint density at radius 1 is 1.09 bits per heavy atom. The fraction of sp³-hybridized carbons (Fsp3) is 0.423. The molecule has 2 amide bonds. The molecule has 1 saturated heterocycles. The van der Waals surface area contributed by atoms with Crippen molar-refractivity contribution >= 4 is 18.0 Å². The highest BCUT2D eigenvalue weighted by molar-refractivity contribution is 5.85. The smallest absolute Gasteiger partial charge is 0.407 e. The van der Waals surface area contributed by atoms with E-state index in [1.165, 1.54) is 11.1 Å². The van der Waals surface area contributed by atoms with Gasteiger partial charge < -0.3 is 25.2 Å². The Labute approximate surface area is 198 Å². The van der Waals surface area contributed by atoms with Crippen molar-refractivity contribution < 1.29 is 29.0 Å². The molecule has 8 heteroatoms. The Hall–Kier alpha value is -3.39. The Bertz CT molecular complexity index is 1010. The standard InChI is InChI=1S/C26H30N2O6/c1-2-7-23(25(30)31)28-24(29)16-12-17(33-14-16)13-27-26(32)34-15-22-20-10-5-3-8-18(20)19-9-4-6-11-21(19)22/h3-6,8-11,16-17,22-23H,2,7,12-15H2,1H3,(H,27,32)(H,28,29)(H,30,31)/t16?,17?,23-/m1/s1. The number of hydrogen-bond donors (Lipinski definition) is 3. The number of carbonyl (C=O) groups is 3. The first-order valence-corrected chi connectivity index (χ1v) is 11.7. The number of ether oxygens (including phenoxy) is 2. The fourth-order valence-electron chi connectivity index (χ4n) is 4.71. The molecule has 8 nitrogen and oxygen atoms in total. The highest BCUT2D eigenvalue weighted by Crippen LogP contribution is 2.44. The minimum atomic E-state index is -1.04. The van der Waals surface area contributed by atoms with Gasteiger partial charge in [-0.05, 0) is 35.1 Å². The average molecular weight is 467 g/mol. The number of rotatable bonds is 9. The maximum atomic E-state index is 12.4. The first-order valence-electron chi connectivity index (χ1n) is 11.7. The quantitative estimate of drug-likeness (QED) is 0.523. The first-order chi connectivity index (χ1) is 16.5. The molecule has 0 spiro atoms. The molecule has 0 aromatic heterocycles. The number of carboxylic acids is 1. The predicted octanol–water partition coefficient (Wildman–Crippen LogP) is 3.30. The minimum absolute atomic E-state index is 0.0146. The van der Waals surface area contributed by atoms with Crippen molar-refractivity contribution in [2.24, 2.45) is 5.92 Å². The van der Waals surface area contributed by atoms with E-state index in [0.717, 1.165) is 11.1 Å². The maximum absolute atomic E-state index is 12.4. The molecule has 4 rings (SSSR count). The van der Waals surface area contributed by atoms with Crippen LogP contribution in [-0.4, -0.2) is 55.0 Å². The number of nitrogens with one attached hydrogen (secondary N) is 2. The van der Waals surface area contributed by atoms with Crippen molar-refractivity contribution in [1.29, 1.82) is 0 Å². The largest absolute Gasteiger partial charge is 0.480 e. The van der Waals surface area contributed by atoms with E-state index in [-0.39, 0.29) is 37.7 Å². The summed E-state index contributed by atoms with van der Waals surface area (Å²) in [6, 6.07) is 15.4. The van der Waals surface area contributed by atoms with Crippen LogP contribution in [0.5, 0.6) is 0 Å². The summed E-state index contributed by atoms with van der Waals surface area (Å²) < 4.78 is 11.2. The lowest BCUT2D eigenvalue weighted by Crippen LogP contribution is -2.43. The SMILES string of the molecule is CCC[C@@H](NC(=O)C1COC(CNC(=O)OCC2c3ccccc3-c3ccccc32)C1)C(=O)O. The van der Waals surface area contributed by atoms with Gasteiger partial charge in [-0.25, -0.2) is 9.59 Å². The summed E-state index contributed by atoms with van der Waals surface area (Å²) >= 11 is 0. The number of carbonyl (C=O) groups excluding carboxylic acids is 2. The summed E-state index contributed by atoms with van der Waals surface area (Å²) in [5, 5.41) is 14.5. The van der Waals surface area contributed by atoms with E-state index in [1.807, 2.05) is 31.2 Å². The van der Waals surface area contributed by atoms with Crippen molar-refractivity contribution in [3.63, 3.8) is 0 Å². The molecule has 0 radical (unpaired) electrons. The van der Waals surface area contributed by atoms with Gasteiger partial charge in [-0.2, -0.15) is 0 Å². The van der Waals surface area contributed by atoms with Gasteiger partial charge in [0, 0.05) is 12.5 Å². The highest BCUT2D eigenvalue weighted by atomic mass is 16.5. The van der Waals surface area contributed by atoms with Gasteiger partial charge in [0.05, 0.1) is 18.6 Å². The topological polar surface area (TPSA) is 114 Å². The summed E-state index contributed by atoms with van der Waals surface area (Å²) in [6.07, 6.45) is 0.582. The third-order valence-electron chi connectivity index (χ3n) is 6.46. The zero-order chi connectivity index (χ0) is 24.1. The molecular formula is C26H30N2O6. The van der Waals surface area contributed by atoms with Crippen LogP contribution in [0.1, 0.15) is 43.2 Å². The molecule has 2 unspecified atom stereocenters. The van der Waals surface area contributed by atoms with Gasteiger partial charge in [-0.3, -0.25) is 4.79 Å². The molecule has 180 valence electrons. The first kappa shape index (κ1) is 23.8. The monoisotopic (exact) mass is 466 g/mol. The van der Waals surface area contributed by atoms with E-state index in [0.29, 0.717) is 19.3 Å². The van der Waals surface area contributed by atoms with Crippen LogP contribution >= 0.6 is 0 Å². The number of fused-ring (bicyclic) bond motifs is 3. The lowest BCUT2D eigenvalue weighted by Gasteiger charge is -2.16. The molecule has 1 aliphatic heterocycles. The van der Waals surface area contributed by atoms with Crippen LogP contribution in [0.15, 0.2) is 48.5 Å². The summed E-state index contributed by atoms with van der Waals surface area (Å²) in [7, 11) is 0. The summed E-state index contributed by atoms with van der Waals surface area (Å²) in [4.78, 5) is 36.0. The van der Waals surface area contributed by atoms with Crippen molar-refractivity contribution in [3.05, 3.63) is 59.7 Å². The van der Waals surface area contributed by atoms with E-state index in [1.54, 1.807) is 0 Å². The molecule has 2 aromatic rings. The Morgan fingerprint density at radius 3 is 2.35 bits per heavy atom. The van der Waals surface area contributed by atoms with Gasteiger partial charge in [0.15, 0.2) is 0 Å². The number of benzene rings is 2. The molecule has 0 saturated carbocycles. The highest BCUT2D eigenvalue weighted by Gasteiger charge is 2.33. The third kappa shape index (κ3) is 5.22. The van der Waals surface area contributed by atoms with Gasteiger partial charge in [0.1, 0.15) is 12.6 Å². The number of hydrogen-bond acceptors (Lipinski definition) is 5. The molecular weight excluding hydrogens is 436 g/mol. The van der Waals surface area contributed by atoms with Crippen LogP contribution in [0.25, 0.3) is 11.1 Å². The Balaban J connectivity index is 1.24. The third-order valence-corrected chi connectivity index (χ3v) is 6.46.